The van der Waals surface area contributed by atoms with Gasteiger partial charge in [0.15, 0.2) is 0 Å². The number of likely N-dealkylation sites (tertiary alicyclic amines) is 1. The molecule has 2 rings (SSSR count). The summed E-state index contributed by atoms with van der Waals surface area (Å²) >= 11 is 0. The van der Waals surface area contributed by atoms with Gasteiger partial charge in [-0.2, -0.15) is 0 Å². The number of carboxylic acid groups (broad SMARTS) is 1. The molecule has 21 heavy (non-hydrogen) atoms. The van der Waals surface area contributed by atoms with Crippen molar-refractivity contribution in [3.63, 3.8) is 0 Å². The van der Waals surface area contributed by atoms with Gasteiger partial charge in [0.1, 0.15) is 6.04 Å². The minimum Gasteiger partial charge on any atom is -0.480 e. The molecule has 2 unspecified atom stereocenters. The summed E-state index contributed by atoms with van der Waals surface area (Å²) < 4.78 is 0. The lowest BCUT2D eigenvalue weighted by Crippen LogP contribution is -2.55. The summed E-state index contributed by atoms with van der Waals surface area (Å²) in [5.41, 5.74) is 0.260. The van der Waals surface area contributed by atoms with E-state index in [1.54, 1.807) is 0 Å². The second-order valence-electron chi connectivity index (χ2n) is 6.71. The van der Waals surface area contributed by atoms with E-state index < -0.39 is 12.0 Å². The minimum atomic E-state index is -0.878. The minimum absolute atomic E-state index is 0.198. The van der Waals surface area contributed by atoms with Crippen molar-refractivity contribution >= 4 is 12.0 Å². The molecular formula is C16H28N2O3. The van der Waals surface area contributed by atoms with Gasteiger partial charge in [0, 0.05) is 13.1 Å². The largest absolute Gasteiger partial charge is 0.480 e. The van der Waals surface area contributed by atoms with Gasteiger partial charge in [-0.25, -0.2) is 9.59 Å². The number of hydrogen-bond donors (Lipinski definition) is 2. The zero-order chi connectivity index (χ0) is 15.5. The molecule has 2 fully saturated rings. The summed E-state index contributed by atoms with van der Waals surface area (Å²) in [5, 5.41) is 12.4. The summed E-state index contributed by atoms with van der Waals surface area (Å²) in [6.45, 7) is 5.49. The maximum Gasteiger partial charge on any atom is 0.326 e. The predicted octanol–water partition coefficient (Wildman–Crippen LogP) is 2.85. The van der Waals surface area contributed by atoms with Crippen LogP contribution >= 0.6 is 0 Å². The van der Waals surface area contributed by atoms with E-state index >= 15 is 0 Å². The number of nitrogens with one attached hydrogen (secondary N) is 1. The lowest BCUT2D eigenvalue weighted by Gasteiger charge is -2.43. The third-order valence-electron chi connectivity index (χ3n) is 5.61. The molecule has 2 aliphatic rings. The third kappa shape index (κ3) is 3.50. The van der Waals surface area contributed by atoms with Crippen LogP contribution in [0.2, 0.25) is 0 Å². The van der Waals surface area contributed by atoms with Crippen LogP contribution in [0.1, 0.15) is 58.8 Å². The van der Waals surface area contributed by atoms with Gasteiger partial charge in [0.25, 0.3) is 0 Å². The normalized spacial score (nSPS) is 27.8. The van der Waals surface area contributed by atoms with E-state index in [1.807, 2.05) is 0 Å². The van der Waals surface area contributed by atoms with E-state index in [2.05, 4.69) is 19.2 Å². The Morgan fingerprint density at radius 2 is 2.05 bits per heavy atom. The molecule has 2 N–H and O–H groups in total. The van der Waals surface area contributed by atoms with E-state index in [0.717, 1.165) is 19.3 Å². The molecule has 0 bridgehead atoms. The van der Waals surface area contributed by atoms with E-state index in [4.69, 9.17) is 0 Å². The van der Waals surface area contributed by atoms with Gasteiger partial charge in [0.2, 0.25) is 0 Å². The van der Waals surface area contributed by atoms with Crippen molar-refractivity contribution in [3.05, 3.63) is 0 Å². The summed E-state index contributed by atoms with van der Waals surface area (Å²) in [4.78, 5) is 25.3. The second-order valence-corrected chi connectivity index (χ2v) is 6.71. The van der Waals surface area contributed by atoms with Crippen LogP contribution in [0.25, 0.3) is 0 Å². The number of rotatable bonds is 5. The molecule has 1 saturated heterocycles. The third-order valence-corrected chi connectivity index (χ3v) is 5.61. The van der Waals surface area contributed by atoms with Gasteiger partial charge < -0.3 is 15.3 Å². The standard InChI is InChI=1S/C16H28N2O3/c1-3-12-6-9-18(13(10-12)14(19)20)15(21)17-11-16(4-2)7-5-8-16/h12-13H,3-11H2,1-2H3,(H,17,21)(H,19,20). The van der Waals surface area contributed by atoms with Crippen LogP contribution in [0.4, 0.5) is 4.79 Å². The van der Waals surface area contributed by atoms with Gasteiger partial charge >= 0.3 is 12.0 Å². The Morgan fingerprint density at radius 1 is 1.33 bits per heavy atom. The van der Waals surface area contributed by atoms with Gasteiger partial charge in [-0.05, 0) is 43.4 Å². The number of piperidine rings is 1. The first-order valence-corrected chi connectivity index (χ1v) is 8.28. The highest BCUT2D eigenvalue weighted by molar-refractivity contribution is 5.82. The quantitative estimate of drug-likeness (QED) is 0.819. The number of aliphatic carboxylic acids is 1. The SMILES string of the molecule is CCC1CCN(C(=O)NCC2(CC)CCC2)C(C(=O)O)C1. The number of hydrogen-bond acceptors (Lipinski definition) is 2. The molecule has 1 heterocycles. The molecule has 5 nitrogen and oxygen atoms in total. The van der Waals surface area contributed by atoms with Crippen LogP contribution in [0, 0.1) is 11.3 Å². The smallest absolute Gasteiger partial charge is 0.326 e. The number of carbonyl (C=O) groups excluding carboxylic acids is 1. The van der Waals surface area contributed by atoms with Crippen LogP contribution in [0.15, 0.2) is 0 Å². The van der Waals surface area contributed by atoms with Crippen molar-refractivity contribution in [2.24, 2.45) is 11.3 Å². The van der Waals surface area contributed by atoms with Crippen LogP contribution in [0.5, 0.6) is 0 Å². The molecule has 2 amide bonds. The molecular weight excluding hydrogens is 268 g/mol. The topological polar surface area (TPSA) is 69.6 Å². The Labute approximate surface area is 127 Å². The molecule has 1 aliphatic carbocycles. The lowest BCUT2D eigenvalue weighted by atomic mass is 9.67. The number of carbonyl (C=O) groups is 2. The molecule has 0 aromatic rings. The zero-order valence-corrected chi connectivity index (χ0v) is 13.2. The first-order valence-electron chi connectivity index (χ1n) is 8.28. The van der Waals surface area contributed by atoms with Crippen molar-refractivity contribution in [2.45, 2.75) is 64.8 Å². The number of carboxylic acids is 1. The first kappa shape index (κ1) is 16.1. The van der Waals surface area contributed by atoms with E-state index in [9.17, 15) is 14.7 Å². The highest BCUT2D eigenvalue weighted by atomic mass is 16.4. The fourth-order valence-electron chi connectivity index (χ4n) is 3.58. The Hall–Kier alpha value is -1.26. The van der Waals surface area contributed by atoms with Gasteiger partial charge in [-0.15, -0.1) is 0 Å². The maximum absolute atomic E-state index is 12.4. The first-order chi connectivity index (χ1) is 10.0. The van der Waals surface area contributed by atoms with Crippen LogP contribution in [-0.2, 0) is 4.79 Å². The van der Waals surface area contributed by atoms with Crippen LogP contribution < -0.4 is 5.32 Å². The zero-order valence-electron chi connectivity index (χ0n) is 13.2. The Bertz CT molecular complexity index is 387. The van der Waals surface area contributed by atoms with Crippen molar-refractivity contribution in [1.29, 1.82) is 0 Å². The molecule has 2 atom stereocenters. The van der Waals surface area contributed by atoms with E-state index in [1.165, 1.54) is 24.2 Å². The summed E-state index contributed by atoms with van der Waals surface area (Å²) in [7, 11) is 0. The average molecular weight is 296 g/mol. The number of nitrogens with zero attached hydrogens (tertiary/aromatic N) is 1. The molecule has 0 aromatic heterocycles. The van der Waals surface area contributed by atoms with Gasteiger partial charge in [-0.1, -0.05) is 26.7 Å². The van der Waals surface area contributed by atoms with Crippen LogP contribution in [-0.4, -0.2) is 41.1 Å². The number of amides is 2. The molecule has 0 aromatic carbocycles. The Morgan fingerprint density at radius 3 is 2.52 bits per heavy atom. The Balaban J connectivity index is 1.92. The molecule has 1 aliphatic heterocycles. The summed E-state index contributed by atoms with van der Waals surface area (Å²) in [5.74, 6) is -0.457. The van der Waals surface area contributed by atoms with Gasteiger partial charge in [-0.3, -0.25) is 0 Å². The molecule has 1 saturated carbocycles. The van der Waals surface area contributed by atoms with E-state index in [0.29, 0.717) is 25.4 Å². The molecule has 120 valence electrons. The Kier molecular flexibility index (Phi) is 5.12. The predicted molar refractivity (Wildman–Crippen MR) is 81.1 cm³/mol. The highest BCUT2D eigenvalue weighted by Crippen LogP contribution is 2.43. The average Bonchev–Trinajstić information content (AvgIpc) is 2.45. The van der Waals surface area contributed by atoms with Crippen molar-refractivity contribution in [1.82, 2.24) is 10.2 Å². The van der Waals surface area contributed by atoms with Crippen molar-refractivity contribution in [2.75, 3.05) is 13.1 Å². The lowest BCUT2D eigenvalue weighted by molar-refractivity contribution is -0.144. The molecule has 5 heteroatoms. The summed E-state index contributed by atoms with van der Waals surface area (Å²) in [6, 6.07) is -0.862. The van der Waals surface area contributed by atoms with E-state index in [-0.39, 0.29) is 11.4 Å². The fourth-order valence-corrected chi connectivity index (χ4v) is 3.58. The fraction of sp³-hybridized carbons (Fsp3) is 0.875. The van der Waals surface area contributed by atoms with Crippen molar-refractivity contribution < 1.29 is 14.7 Å². The monoisotopic (exact) mass is 296 g/mol. The van der Waals surface area contributed by atoms with Gasteiger partial charge in [0.05, 0.1) is 0 Å². The van der Waals surface area contributed by atoms with Crippen LogP contribution in [0.3, 0.4) is 0 Å². The van der Waals surface area contributed by atoms with Crippen molar-refractivity contribution in [3.8, 4) is 0 Å². The molecule has 0 radical (unpaired) electrons. The molecule has 0 spiro atoms. The summed E-state index contributed by atoms with van der Waals surface area (Å²) in [6.07, 6.45) is 7.13. The highest BCUT2D eigenvalue weighted by Gasteiger charge is 2.38. The second kappa shape index (κ2) is 6.67. The number of urea groups is 1. The maximum atomic E-state index is 12.4.